The van der Waals surface area contributed by atoms with Crippen molar-refractivity contribution in [2.24, 2.45) is 0 Å². The minimum absolute atomic E-state index is 0.633. The molecular weight excluding hydrogens is 216 g/mol. The molecule has 2 aromatic heterocycles. The Balaban J connectivity index is 2.29. The van der Waals surface area contributed by atoms with Crippen LogP contribution in [0.1, 0.15) is 0 Å². The molecule has 0 spiro atoms. The summed E-state index contributed by atoms with van der Waals surface area (Å²) >= 11 is 0. The van der Waals surface area contributed by atoms with E-state index in [-0.39, 0.29) is 0 Å². The molecule has 4 N–H and O–H groups in total. The second kappa shape index (κ2) is 3.55. The summed E-state index contributed by atoms with van der Waals surface area (Å²) in [6, 6.07) is 5.88. The molecule has 1 aromatic carbocycles. The van der Waals surface area contributed by atoms with Crippen molar-refractivity contribution in [2.45, 2.75) is 0 Å². The molecule has 2 heterocycles. The van der Waals surface area contributed by atoms with E-state index in [4.69, 9.17) is 10.5 Å². The lowest BCUT2D eigenvalue weighted by molar-refractivity contribution is 0.419. The number of aromatic amines is 2. The maximum Gasteiger partial charge on any atom is 0.142 e. The summed E-state index contributed by atoms with van der Waals surface area (Å²) in [6.07, 6.45) is 3.51. The number of nitrogen functional groups attached to an aromatic ring is 1. The molecule has 0 bridgehead atoms. The summed E-state index contributed by atoms with van der Waals surface area (Å²) in [5, 5.41) is 7.89. The Kier molecular flexibility index (Phi) is 2.04. The van der Waals surface area contributed by atoms with Gasteiger partial charge < -0.3 is 15.5 Å². The van der Waals surface area contributed by atoms with Gasteiger partial charge in [-0.3, -0.25) is 5.10 Å². The number of anilines is 1. The van der Waals surface area contributed by atoms with Crippen LogP contribution >= 0.6 is 0 Å². The normalized spacial score (nSPS) is 10.9. The van der Waals surface area contributed by atoms with Crippen LogP contribution in [0.2, 0.25) is 0 Å². The topological polar surface area (TPSA) is 79.7 Å². The maximum atomic E-state index is 5.85. The van der Waals surface area contributed by atoms with Gasteiger partial charge in [0.1, 0.15) is 5.75 Å². The molecule has 86 valence electrons. The van der Waals surface area contributed by atoms with E-state index >= 15 is 0 Å². The van der Waals surface area contributed by atoms with E-state index in [0.29, 0.717) is 5.69 Å². The van der Waals surface area contributed by atoms with Crippen LogP contribution < -0.4 is 10.5 Å². The van der Waals surface area contributed by atoms with Gasteiger partial charge in [-0.15, -0.1) is 0 Å². The van der Waals surface area contributed by atoms with Gasteiger partial charge in [0.15, 0.2) is 0 Å². The van der Waals surface area contributed by atoms with E-state index < -0.39 is 0 Å². The monoisotopic (exact) mass is 228 g/mol. The number of hydrogen-bond donors (Lipinski definition) is 3. The Bertz CT molecular complexity index is 668. The lowest BCUT2D eigenvalue weighted by Crippen LogP contribution is -1.86. The summed E-state index contributed by atoms with van der Waals surface area (Å²) in [6.45, 7) is 0. The van der Waals surface area contributed by atoms with Gasteiger partial charge in [0.2, 0.25) is 0 Å². The van der Waals surface area contributed by atoms with E-state index in [9.17, 15) is 0 Å². The number of nitrogens with one attached hydrogen (secondary N) is 2. The standard InChI is InChI=1S/C12H12N4O/c1-17-10-4-2-3-7-8(5-14-12(7)10)11-9(13)6-15-16-11/h2-6,14H,13H2,1H3,(H,15,16). The number of ether oxygens (including phenoxy) is 1. The highest BCUT2D eigenvalue weighted by atomic mass is 16.5. The summed E-state index contributed by atoms with van der Waals surface area (Å²) in [5.74, 6) is 0.812. The largest absolute Gasteiger partial charge is 0.495 e. The van der Waals surface area contributed by atoms with Crippen molar-refractivity contribution in [3.8, 4) is 17.0 Å². The van der Waals surface area contributed by atoms with Crippen molar-refractivity contribution >= 4 is 16.6 Å². The number of methoxy groups -OCH3 is 1. The van der Waals surface area contributed by atoms with Crippen molar-refractivity contribution in [3.63, 3.8) is 0 Å². The molecule has 0 saturated heterocycles. The number of aromatic nitrogens is 3. The van der Waals surface area contributed by atoms with Crippen LogP contribution in [0.15, 0.2) is 30.6 Å². The van der Waals surface area contributed by atoms with Crippen molar-refractivity contribution in [2.75, 3.05) is 12.8 Å². The molecular formula is C12H12N4O. The molecule has 0 unspecified atom stereocenters. The number of hydrogen-bond acceptors (Lipinski definition) is 3. The van der Waals surface area contributed by atoms with Gasteiger partial charge in [0.05, 0.1) is 30.2 Å². The first-order valence-corrected chi connectivity index (χ1v) is 5.24. The second-order valence-electron chi connectivity index (χ2n) is 3.79. The van der Waals surface area contributed by atoms with E-state index in [1.165, 1.54) is 0 Å². The number of para-hydroxylation sites is 1. The fourth-order valence-electron chi connectivity index (χ4n) is 2.01. The van der Waals surface area contributed by atoms with Gasteiger partial charge in [-0.25, -0.2) is 0 Å². The smallest absolute Gasteiger partial charge is 0.142 e. The molecule has 0 aliphatic rings. The molecule has 0 amide bonds. The van der Waals surface area contributed by atoms with Gasteiger partial charge in [-0.05, 0) is 6.07 Å². The van der Waals surface area contributed by atoms with Gasteiger partial charge >= 0.3 is 0 Å². The number of rotatable bonds is 2. The first-order chi connectivity index (χ1) is 8.31. The van der Waals surface area contributed by atoms with Gasteiger partial charge in [0.25, 0.3) is 0 Å². The zero-order chi connectivity index (χ0) is 11.8. The van der Waals surface area contributed by atoms with Crippen LogP contribution in [-0.4, -0.2) is 22.3 Å². The van der Waals surface area contributed by atoms with Crippen molar-refractivity contribution < 1.29 is 4.74 Å². The highest BCUT2D eigenvalue weighted by Gasteiger charge is 2.12. The quantitative estimate of drug-likeness (QED) is 0.628. The summed E-state index contributed by atoms with van der Waals surface area (Å²) in [7, 11) is 1.65. The summed E-state index contributed by atoms with van der Waals surface area (Å²) < 4.78 is 5.30. The number of nitrogens with two attached hydrogens (primary N) is 1. The SMILES string of the molecule is COc1cccc2c(-c3[nH]ncc3N)c[nH]c12. The number of nitrogens with zero attached hydrogens (tertiary/aromatic N) is 1. The van der Waals surface area contributed by atoms with Gasteiger partial charge in [0, 0.05) is 17.1 Å². The Morgan fingerprint density at radius 2 is 2.24 bits per heavy atom. The fourth-order valence-corrected chi connectivity index (χ4v) is 2.01. The minimum Gasteiger partial charge on any atom is -0.495 e. The van der Waals surface area contributed by atoms with Gasteiger partial charge in [-0.1, -0.05) is 12.1 Å². The molecule has 0 fully saturated rings. The molecule has 3 rings (SSSR count). The zero-order valence-electron chi connectivity index (χ0n) is 9.32. The third-order valence-corrected chi connectivity index (χ3v) is 2.84. The predicted octanol–water partition coefficient (Wildman–Crippen LogP) is 2.15. The van der Waals surface area contributed by atoms with Crippen LogP contribution in [0.5, 0.6) is 5.75 Å². The van der Waals surface area contributed by atoms with E-state index in [1.54, 1.807) is 13.3 Å². The minimum atomic E-state index is 0.633. The molecule has 17 heavy (non-hydrogen) atoms. The highest BCUT2D eigenvalue weighted by Crippen LogP contribution is 2.34. The fraction of sp³-hybridized carbons (Fsp3) is 0.0833. The Hall–Kier alpha value is -2.43. The third-order valence-electron chi connectivity index (χ3n) is 2.84. The first kappa shape index (κ1) is 9.77. The Morgan fingerprint density at radius 3 is 2.94 bits per heavy atom. The van der Waals surface area contributed by atoms with Gasteiger partial charge in [-0.2, -0.15) is 5.10 Å². The van der Waals surface area contributed by atoms with Crippen LogP contribution in [0, 0.1) is 0 Å². The average Bonchev–Trinajstić information content (AvgIpc) is 2.94. The maximum absolute atomic E-state index is 5.85. The molecule has 5 heteroatoms. The van der Waals surface area contributed by atoms with E-state index in [2.05, 4.69) is 15.2 Å². The van der Waals surface area contributed by atoms with Crippen molar-refractivity contribution in [1.29, 1.82) is 0 Å². The van der Waals surface area contributed by atoms with Crippen molar-refractivity contribution in [3.05, 3.63) is 30.6 Å². The summed E-state index contributed by atoms with van der Waals surface area (Å²) in [4.78, 5) is 3.19. The lowest BCUT2D eigenvalue weighted by Gasteiger charge is -2.01. The Morgan fingerprint density at radius 1 is 1.35 bits per heavy atom. The van der Waals surface area contributed by atoms with Crippen LogP contribution in [0.25, 0.3) is 22.2 Å². The molecule has 0 aliphatic carbocycles. The number of fused-ring (bicyclic) bond motifs is 1. The first-order valence-electron chi connectivity index (χ1n) is 5.24. The molecule has 3 aromatic rings. The molecule has 0 atom stereocenters. The van der Waals surface area contributed by atoms with Crippen molar-refractivity contribution in [1.82, 2.24) is 15.2 Å². The highest BCUT2D eigenvalue weighted by molar-refractivity contribution is 5.99. The van der Waals surface area contributed by atoms with Crippen LogP contribution in [-0.2, 0) is 0 Å². The number of H-pyrrole nitrogens is 2. The van der Waals surface area contributed by atoms with E-state index in [0.717, 1.165) is 27.9 Å². The van der Waals surface area contributed by atoms with E-state index in [1.807, 2.05) is 24.4 Å². The second-order valence-corrected chi connectivity index (χ2v) is 3.79. The van der Waals surface area contributed by atoms with Crippen LogP contribution in [0.4, 0.5) is 5.69 Å². The zero-order valence-corrected chi connectivity index (χ0v) is 9.32. The Labute approximate surface area is 97.6 Å². The lowest BCUT2D eigenvalue weighted by atomic mass is 10.1. The molecule has 0 saturated carbocycles. The molecule has 0 aliphatic heterocycles. The molecule has 0 radical (unpaired) electrons. The molecule has 5 nitrogen and oxygen atoms in total. The predicted molar refractivity (Wildman–Crippen MR) is 66.8 cm³/mol. The third kappa shape index (κ3) is 1.36. The summed E-state index contributed by atoms with van der Waals surface area (Å²) in [5.41, 5.74) is 9.26. The number of benzene rings is 1. The average molecular weight is 228 g/mol. The van der Waals surface area contributed by atoms with Crippen LogP contribution in [0.3, 0.4) is 0 Å².